The van der Waals surface area contributed by atoms with Gasteiger partial charge in [-0.05, 0) is 37.3 Å². The van der Waals surface area contributed by atoms with E-state index in [-0.39, 0.29) is 23.9 Å². The first-order valence-corrected chi connectivity index (χ1v) is 7.66. The minimum atomic E-state index is -0.252. The first-order valence-electron chi connectivity index (χ1n) is 6.84. The summed E-state index contributed by atoms with van der Waals surface area (Å²) in [5, 5.41) is 3.14. The molecule has 6 heteroatoms. The molecule has 1 aromatic rings. The second-order valence-electron chi connectivity index (χ2n) is 5.71. The van der Waals surface area contributed by atoms with Gasteiger partial charge in [0.1, 0.15) is 0 Å². The molecule has 1 aliphatic carbocycles. The molecule has 0 aromatic carbocycles. The van der Waals surface area contributed by atoms with Gasteiger partial charge < -0.3 is 15.8 Å². The Kier molecular flexibility index (Phi) is 4.74. The lowest BCUT2D eigenvalue weighted by Crippen LogP contribution is -2.53. The summed E-state index contributed by atoms with van der Waals surface area (Å²) in [6.45, 7) is 3.95. The van der Waals surface area contributed by atoms with Gasteiger partial charge in [-0.3, -0.25) is 4.79 Å². The Morgan fingerprint density at radius 1 is 1.60 bits per heavy atom. The highest BCUT2D eigenvalue weighted by Gasteiger charge is 2.41. The summed E-state index contributed by atoms with van der Waals surface area (Å²) < 4.78 is 5.41. The molecule has 1 aliphatic heterocycles. The number of amides is 1. The third-order valence-electron chi connectivity index (χ3n) is 4.15. The van der Waals surface area contributed by atoms with E-state index in [0.29, 0.717) is 19.1 Å². The van der Waals surface area contributed by atoms with Crippen molar-refractivity contribution in [3.63, 3.8) is 0 Å². The number of halogens is 1. The Hall–Kier alpha value is -0.620. The number of rotatable bonds is 4. The third-order valence-corrected chi connectivity index (χ3v) is 5.39. The second-order valence-corrected chi connectivity index (χ2v) is 6.85. The number of fused-ring (bicyclic) bond motifs is 1. The molecule has 3 N–H and O–H groups in total. The summed E-state index contributed by atoms with van der Waals surface area (Å²) in [6, 6.07) is 1.97. The van der Waals surface area contributed by atoms with Crippen LogP contribution in [-0.4, -0.2) is 24.6 Å². The Labute approximate surface area is 129 Å². The minimum absolute atomic E-state index is 0. The summed E-state index contributed by atoms with van der Waals surface area (Å²) in [7, 11) is 0. The lowest BCUT2D eigenvalue weighted by atomic mass is 9.96. The van der Waals surface area contributed by atoms with Crippen LogP contribution in [0.2, 0.25) is 0 Å². The van der Waals surface area contributed by atoms with Gasteiger partial charge in [0, 0.05) is 17.8 Å². The number of ether oxygens (including phenoxy) is 1. The molecule has 1 saturated carbocycles. The van der Waals surface area contributed by atoms with Crippen molar-refractivity contribution in [2.75, 3.05) is 13.2 Å². The summed E-state index contributed by atoms with van der Waals surface area (Å²) in [6.07, 6.45) is 3.26. The van der Waals surface area contributed by atoms with Crippen molar-refractivity contribution in [2.45, 2.75) is 38.3 Å². The Balaban J connectivity index is 0.00000147. The van der Waals surface area contributed by atoms with Crippen LogP contribution < -0.4 is 11.1 Å². The molecule has 0 radical (unpaired) electrons. The molecule has 0 saturated heterocycles. The van der Waals surface area contributed by atoms with Gasteiger partial charge in [0.15, 0.2) is 0 Å². The molecular weight excluding hydrogens is 296 g/mol. The smallest absolute Gasteiger partial charge is 0.261 e. The zero-order chi connectivity index (χ0) is 13.5. The summed E-state index contributed by atoms with van der Waals surface area (Å²) in [4.78, 5) is 14.4. The van der Waals surface area contributed by atoms with E-state index in [2.05, 4.69) is 12.2 Å². The van der Waals surface area contributed by atoms with Crippen LogP contribution in [0, 0.1) is 5.92 Å². The predicted octanol–water partition coefficient (Wildman–Crippen LogP) is 2.10. The zero-order valence-electron chi connectivity index (χ0n) is 11.6. The van der Waals surface area contributed by atoms with Crippen molar-refractivity contribution in [1.82, 2.24) is 5.32 Å². The fraction of sp³-hybridized carbons (Fsp3) is 0.643. The summed E-state index contributed by atoms with van der Waals surface area (Å²) in [5.74, 6) is 0.554. The molecule has 2 heterocycles. The molecule has 1 unspecified atom stereocenters. The molecule has 1 atom stereocenters. The first kappa shape index (κ1) is 15.8. The third kappa shape index (κ3) is 3.01. The maximum Gasteiger partial charge on any atom is 0.261 e. The number of nitrogens with two attached hydrogens (primary N) is 1. The van der Waals surface area contributed by atoms with E-state index in [1.807, 2.05) is 6.07 Å². The van der Waals surface area contributed by atoms with Gasteiger partial charge in [-0.2, -0.15) is 0 Å². The largest absolute Gasteiger partial charge is 0.376 e. The number of nitrogens with one attached hydrogen (secondary N) is 1. The minimum Gasteiger partial charge on any atom is -0.376 e. The fourth-order valence-electron chi connectivity index (χ4n) is 2.62. The average molecular weight is 317 g/mol. The topological polar surface area (TPSA) is 64.3 Å². The average Bonchev–Trinajstić information content (AvgIpc) is 3.18. The molecule has 2 aliphatic rings. The number of thiophene rings is 1. The van der Waals surface area contributed by atoms with Crippen LogP contribution in [-0.2, 0) is 17.8 Å². The van der Waals surface area contributed by atoms with Gasteiger partial charge in [-0.15, -0.1) is 23.7 Å². The normalized spacial score (nSPS) is 20.5. The lowest BCUT2D eigenvalue weighted by Gasteiger charge is -2.29. The number of carbonyl (C=O) groups excluding carboxylic acids is 1. The van der Waals surface area contributed by atoms with Gasteiger partial charge >= 0.3 is 0 Å². The molecule has 0 bridgehead atoms. The van der Waals surface area contributed by atoms with Crippen LogP contribution >= 0.6 is 23.7 Å². The van der Waals surface area contributed by atoms with Crippen LogP contribution in [0.3, 0.4) is 0 Å². The van der Waals surface area contributed by atoms with Gasteiger partial charge in [0.05, 0.1) is 23.6 Å². The summed E-state index contributed by atoms with van der Waals surface area (Å²) >= 11 is 1.59. The van der Waals surface area contributed by atoms with E-state index in [1.165, 1.54) is 23.3 Å². The molecule has 1 amide bonds. The predicted molar refractivity (Wildman–Crippen MR) is 82.6 cm³/mol. The van der Waals surface area contributed by atoms with Crippen molar-refractivity contribution in [3.8, 4) is 0 Å². The highest BCUT2D eigenvalue weighted by atomic mass is 35.5. The van der Waals surface area contributed by atoms with Gasteiger partial charge in [-0.1, -0.05) is 0 Å². The molecule has 0 spiro atoms. The Morgan fingerprint density at radius 2 is 2.35 bits per heavy atom. The van der Waals surface area contributed by atoms with Crippen molar-refractivity contribution < 1.29 is 9.53 Å². The van der Waals surface area contributed by atoms with E-state index in [4.69, 9.17) is 10.5 Å². The van der Waals surface area contributed by atoms with Crippen LogP contribution in [0.4, 0.5) is 0 Å². The number of hydrogen-bond donors (Lipinski definition) is 2. The monoisotopic (exact) mass is 316 g/mol. The van der Waals surface area contributed by atoms with Crippen LogP contribution in [0.1, 0.15) is 39.9 Å². The summed E-state index contributed by atoms with van der Waals surface area (Å²) in [5.41, 5.74) is 6.76. The zero-order valence-corrected chi connectivity index (χ0v) is 13.2. The van der Waals surface area contributed by atoms with Gasteiger partial charge in [0.25, 0.3) is 5.91 Å². The van der Waals surface area contributed by atoms with E-state index in [1.54, 1.807) is 11.3 Å². The van der Waals surface area contributed by atoms with Crippen molar-refractivity contribution in [3.05, 3.63) is 21.4 Å². The van der Waals surface area contributed by atoms with Crippen LogP contribution in [0.15, 0.2) is 6.07 Å². The van der Waals surface area contributed by atoms with Crippen molar-refractivity contribution >= 4 is 29.7 Å². The van der Waals surface area contributed by atoms with E-state index >= 15 is 0 Å². The van der Waals surface area contributed by atoms with E-state index in [9.17, 15) is 4.79 Å². The van der Waals surface area contributed by atoms with E-state index in [0.717, 1.165) is 17.9 Å². The molecule has 112 valence electrons. The maximum absolute atomic E-state index is 12.4. The SMILES string of the molecule is CC(CN)(NC(=O)c1cc2c(s1)CCOC2)C1CC1.Cl. The lowest BCUT2D eigenvalue weighted by molar-refractivity contribution is 0.0901. The maximum atomic E-state index is 12.4. The van der Waals surface area contributed by atoms with Crippen LogP contribution in [0.25, 0.3) is 0 Å². The second kappa shape index (κ2) is 6.02. The van der Waals surface area contributed by atoms with Crippen molar-refractivity contribution in [2.24, 2.45) is 11.7 Å². The Morgan fingerprint density at radius 3 is 2.95 bits per heavy atom. The van der Waals surface area contributed by atoms with E-state index < -0.39 is 0 Å². The number of carbonyl (C=O) groups is 1. The fourth-order valence-corrected chi connectivity index (χ4v) is 3.67. The van der Waals surface area contributed by atoms with Gasteiger partial charge in [-0.25, -0.2) is 0 Å². The Bertz CT molecular complexity index is 478. The highest BCUT2D eigenvalue weighted by Crippen LogP contribution is 2.39. The highest BCUT2D eigenvalue weighted by molar-refractivity contribution is 7.14. The van der Waals surface area contributed by atoms with Crippen molar-refractivity contribution in [1.29, 1.82) is 0 Å². The molecular formula is C14H21ClN2O2S. The van der Waals surface area contributed by atoms with Gasteiger partial charge in [0.2, 0.25) is 0 Å². The molecule has 1 aromatic heterocycles. The molecule has 1 fully saturated rings. The first-order chi connectivity index (χ1) is 9.12. The number of hydrogen-bond acceptors (Lipinski definition) is 4. The quantitative estimate of drug-likeness (QED) is 0.894. The standard InChI is InChI=1S/C14H20N2O2S.ClH/c1-14(8-15,10-2-3-10)16-13(17)12-6-9-7-18-5-4-11(9)19-12;/h6,10H,2-5,7-8,15H2,1H3,(H,16,17);1H. The molecule has 4 nitrogen and oxygen atoms in total. The molecule has 20 heavy (non-hydrogen) atoms. The van der Waals surface area contributed by atoms with Crippen LogP contribution in [0.5, 0.6) is 0 Å². The molecule has 3 rings (SSSR count).